The van der Waals surface area contributed by atoms with Crippen LogP contribution in [0.25, 0.3) is 22.3 Å². The summed E-state index contributed by atoms with van der Waals surface area (Å²) in [6, 6.07) is 4.34. The Morgan fingerprint density at radius 3 is 1.19 bits per heavy atom. The lowest BCUT2D eigenvalue weighted by molar-refractivity contribution is -0.0470. The molecule has 2 aliphatic heterocycles. The number of rotatable bonds is 20. The van der Waals surface area contributed by atoms with E-state index in [-0.39, 0.29) is 77.6 Å². The largest absolute Gasteiger partial charge is 0.463 e. The van der Waals surface area contributed by atoms with Crippen LogP contribution in [0.3, 0.4) is 0 Å². The highest BCUT2D eigenvalue weighted by Gasteiger charge is 2.58. The molecule has 89 heavy (non-hydrogen) atoms. The van der Waals surface area contributed by atoms with Crippen LogP contribution in [0.5, 0.6) is 6.01 Å². The quantitative estimate of drug-likeness (QED) is 0.0546. The van der Waals surface area contributed by atoms with Gasteiger partial charge in [0, 0.05) is 11.3 Å². The molecule has 27 heteroatoms. The molecule has 4 N–H and O–H groups in total. The maximum atomic E-state index is 7.33. The molecule has 8 atom stereocenters. The highest BCUT2D eigenvalue weighted by atomic mass is 35.5. The molecule has 504 valence electrons. The second-order valence-corrected chi connectivity index (χ2v) is 63.8. The molecule has 0 unspecified atom stereocenters. The molecular weight excluding hydrogens is 1260 g/mol. The number of nitrogens with two attached hydrogens (primary N) is 2. The van der Waals surface area contributed by atoms with E-state index < -0.39 is 74.6 Å². The smallest absolute Gasteiger partial charge is 0.320 e. The van der Waals surface area contributed by atoms with E-state index in [1.807, 2.05) is 15.2 Å². The van der Waals surface area contributed by atoms with E-state index in [4.69, 9.17) is 68.8 Å². The number of aromatic nitrogens is 8. The van der Waals surface area contributed by atoms with Crippen LogP contribution in [-0.4, -0.2) is 145 Å². The lowest BCUT2D eigenvalue weighted by atomic mass is 10.1. The first-order chi connectivity index (χ1) is 40.1. The van der Waals surface area contributed by atoms with Crippen LogP contribution < -0.4 is 16.2 Å². The van der Waals surface area contributed by atoms with Gasteiger partial charge in [0.25, 0.3) is 0 Å². The van der Waals surface area contributed by atoms with Crippen molar-refractivity contribution in [3.05, 3.63) is 40.3 Å². The van der Waals surface area contributed by atoms with E-state index in [0.29, 0.717) is 42.1 Å². The molecule has 0 spiro atoms. The fraction of sp³-hybridized carbons (Fsp3) is 0.774. The second-order valence-electron chi connectivity index (χ2n) is 33.7. The average Bonchev–Trinajstić information content (AvgIpc) is 1.63. The number of imidazole rings is 2. The van der Waals surface area contributed by atoms with Crippen LogP contribution >= 0.6 is 22.9 Å². The zero-order valence-electron chi connectivity index (χ0n) is 60.0. The van der Waals surface area contributed by atoms with Gasteiger partial charge in [0.05, 0.1) is 32.5 Å². The van der Waals surface area contributed by atoms with E-state index in [1.54, 1.807) is 24.0 Å². The predicted octanol–water partition coefficient (Wildman–Crippen LogP) is 16.6. The molecule has 5 aromatic heterocycles. The van der Waals surface area contributed by atoms with Gasteiger partial charge in [0.1, 0.15) is 42.1 Å². The zero-order valence-corrected chi connectivity index (χ0v) is 67.6. The standard InChI is InChI=1S/C34H61N5O5SSi3.C28H54ClN5O4Si3/c1-32(2,3)46(10,11)41-21-24-26(43-47(12,13)33(4,5)6)27(44-48(14,15)34(7,8)9)30(42-24)39-22-36-25-28(35)37-31(38-29(25)39)40-19-18-23-17-16-20-45-23;1-26(2,3)39(10,11)35-16-18-20(37-40(12,13)27(4,5)6)21(38-41(14,15)28(7,8)9)24(36-18)34-17-31-19-22(30)32-25(29)33-23(19)34/h16-17,20,22,24,26-27,30H,18-19,21H2,1-15H3,(H2,35,37,38);17-18,20-21,24H,16H2,1-15H3,(H2,30,32,33)/t24-,26-,27-,30-;18-,20-,21-,24-/m11/s1. The van der Waals surface area contributed by atoms with Crippen LogP contribution in [0, 0.1) is 0 Å². The number of ether oxygens (including phenoxy) is 3. The molecule has 0 radical (unpaired) electrons. The summed E-state index contributed by atoms with van der Waals surface area (Å²) in [5, 5.41) is 2.14. The monoisotopic (exact) mass is 1380 g/mol. The number of nitrogens with zero attached hydrogens (tertiary/aromatic N) is 8. The van der Waals surface area contributed by atoms with Crippen LogP contribution in [0.4, 0.5) is 11.6 Å². The number of halogens is 1. The minimum absolute atomic E-state index is 0.00560. The topological polar surface area (TPSA) is 222 Å². The van der Waals surface area contributed by atoms with Gasteiger partial charge >= 0.3 is 6.01 Å². The Morgan fingerprint density at radius 1 is 0.494 bits per heavy atom. The maximum absolute atomic E-state index is 7.33. The van der Waals surface area contributed by atoms with E-state index >= 15 is 0 Å². The molecule has 19 nitrogen and oxygen atoms in total. The van der Waals surface area contributed by atoms with Gasteiger partial charge in [-0.1, -0.05) is 131 Å². The fourth-order valence-corrected chi connectivity index (χ4v) is 16.8. The molecule has 7 rings (SSSR count). The first kappa shape index (κ1) is 75.5. The van der Waals surface area contributed by atoms with Gasteiger partial charge in [-0.05, 0) is 132 Å². The molecule has 0 saturated carbocycles. The summed E-state index contributed by atoms with van der Waals surface area (Å²) < 4.78 is 66.5. The van der Waals surface area contributed by atoms with E-state index in [0.717, 1.165) is 6.42 Å². The van der Waals surface area contributed by atoms with Crippen molar-refractivity contribution in [2.45, 2.75) is 289 Å². The molecule has 5 aromatic rings. The summed E-state index contributed by atoms with van der Waals surface area (Å²) in [6.45, 7) is 69.1. The second kappa shape index (κ2) is 26.6. The van der Waals surface area contributed by atoms with Crippen molar-refractivity contribution >= 4 is 107 Å². The Hall–Kier alpha value is -2.53. The zero-order chi connectivity index (χ0) is 67.6. The summed E-state index contributed by atoms with van der Waals surface area (Å²) in [5.74, 6) is 0.488. The Morgan fingerprint density at radius 2 is 0.843 bits per heavy atom. The molecule has 2 fully saturated rings. The summed E-state index contributed by atoms with van der Waals surface area (Å²) in [4.78, 5) is 28.3. The van der Waals surface area contributed by atoms with Gasteiger partial charge in [-0.15, -0.1) is 11.3 Å². The number of thiophene rings is 1. The van der Waals surface area contributed by atoms with Gasteiger partial charge in [-0.25, -0.2) is 9.97 Å². The van der Waals surface area contributed by atoms with Gasteiger partial charge in [-0.3, -0.25) is 9.13 Å². The van der Waals surface area contributed by atoms with Crippen LogP contribution in [0.1, 0.15) is 142 Å². The van der Waals surface area contributed by atoms with Gasteiger partial charge in [0.15, 0.2) is 90.8 Å². The molecule has 0 aromatic carbocycles. The Bertz CT molecular complexity index is 3180. The minimum atomic E-state index is -2.33. The summed E-state index contributed by atoms with van der Waals surface area (Å²) in [5.41, 5.74) is 14.6. The summed E-state index contributed by atoms with van der Waals surface area (Å²) in [6.07, 6.45) is 0.723. The normalized spacial score (nSPS) is 22.6. The molecule has 7 heterocycles. The number of hydrogen-bond donors (Lipinski definition) is 2. The van der Waals surface area contributed by atoms with Crippen molar-refractivity contribution in [3.63, 3.8) is 0 Å². The SMILES string of the molecule is CC(C)(C)[Si](C)(C)OC[C@H]1O[C@@H](n2cnc3c(N)nc(Cl)nc32)[C@H](O[Si](C)(C)C(C)(C)C)[C@@H]1O[Si](C)(C)C(C)(C)C.CC(C)(C)[Si](C)(C)OC[C@H]1O[C@@H](n2cnc3c(N)nc(OCCc4cccs4)nc32)[C@H](O[Si](C)(C)C(C)(C)C)[C@@H]1O[Si](C)(C)C(C)(C)C. The van der Waals surface area contributed by atoms with E-state index in [2.05, 4.69) is 240 Å². The Labute approximate surface area is 549 Å². The highest BCUT2D eigenvalue weighted by Crippen LogP contribution is 2.50. The first-order valence-corrected chi connectivity index (χ1v) is 50.5. The number of hydrogen-bond acceptors (Lipinski definition) is 18. The number of nitrogen functional groups attached to an aromatic ring is 2. The van der Waals surface area contributed by atoms with Crippen LogP contribution in [0.2, 0.25) is 114 Å². The van der Waals surface area contributed by atoms with Crippen molar-refractivity contribution in [1.82, 2.24) is 39.0 Å². The minimum Gasteiger partial charge on any atom is -0.463 e. The third-order valence-electron chi connectivity index (χ3n) is 20.9. The molecular formula is C62H115ClN10O9SSi6. The van der Waals surface area contributed by atoms with E-state index in [1.165, 1.54) is 4.88 Å². The average molecular weight is 1380 g/mol. The van der Waals surface area contributed by atoms with Gasteiger partial charge in [-0.2, -0.15) is 19.9 Å². The third-order valence-corrected chi connectivity index (χ3v) is 48.9. The van der Waals surface area contributed by atoms with Crippen molar-refractivity contribution in [1.29, 1.82) is 0 Å². The molecule has 0 aliphatic carbocycles. The van der Waals surface area contributed by atoms with Crippen molar-refractivity contribution in [2.24, 2.45) is 0 Å². The van der Waals surface area contributed by atoms with Gasteiger partial charge in [0.2, 0.25) is 5.28 Å². The summed E-state index contributed by atoms with van der Waals surface area (Å²) >= 11 is 7.96. The summed E-state index contributed by atoms with van der Waals surface area (Å²) in [7, 11) is -13.3. The highest BCUT2D eigenvalue weighted by molar-refractivity contribution is 7.09. The van der Waals surface area contributed by atoms with Crippen molar-refractivity contribution in [3.8, 4) is 6.01 Å². The molecule has 2 saturated heterocycles. The fourth-order valence-electron chi connectivity index (χ4n) is 8.71. The lowest BCUT2D eigenvalue weighted by Crippen LogP contribution is -2.54. The van der Waals surface area contributed by atoms with Crippen molar-refractivity contribution in [2.75, 3.05) is 31.3 Å². The maximum Gasteiger partial charge on any atom is 0.320 e. The number of fused-ring (bicyclic) bond motifs is 2. The van der Waals surface area contributed by atoms with Crippen LogP contribution in [0.15, 0.2) is 30.2 Å². The predicted molar refractivity (Wildman–Crippen MR) is 380 cm³/mol. The van der Waals surface area contributed by atoms with Gasteiger partial charge < -0.3 is 52.2 Å². The van der Waals surface area contributed by atoms with E-state index in [9.17, 15) is 0 Å². The third kappa shape index (κ3) is 17.1. The lowest BCUT2D eigenvalue weighted by Gasteiger charge is -2.44. The molecule has 2 aliphatic rings. The first-order valence-electron chi connectivity index (χ1n) is 31.7. The van der Waals surface area contributed by atoms with Crippen molar-refractivity contribution < 1.29 is 40.8 Å². The molecule has 0 amide bonds. The number of anilines is 2. The molecule has 0 bridgehead atoms. The Balaban J connectivity index is 0.000000287. The van der Waals surface area contributed by atoms with Crippen LogP contribution in [-0.2, 0) is 42.5 Å². The Kier molecular flexibility index (Phi) is 22.5.